The monoisotopic (exact) mass is 515 g/mol. The van der Waals surface area contributed by atoms with Gasteiger partial charge in [0.25, 0.3) is 0 Å². The Morgan fingerprint density at radius 1 is 0.718 bits per heavy atom. The molecule has 8 heteroatoms. The molecule has 0 saturated carbocycles. The van der Waals surface area contributed by atoms with Crippen LogP contribution in [0, 0.1) is 0 Å². The van der Waals surface area contributed by atoms with E-state index in [-0.39, 0.29) is 18.3 Å². The molecule has 0 fully saturated rings. The molecule has 4 aromatic carbocycles. The van der Waals surface area contributed by atoms with Gasteiger partial charge in [-0.1, -0.05) is 72.8 Å². The molecular weight excluding hydrogens is 486 g/mol. The van der Waals surface area contributed by atoms with E-state index in [0.717, 1.165) is 27.5 Å². The molecule has 194 valence electrons. The second-order valence-electron chi connectivity index (χ2n) is 9.52. The minimum Gasteiger partial charge on any atom is -0.369 e. The van der Waals surface area contributed by atoms with Crippen molar-refractivity contribution in [3.8, 4) is 0 Å². The quantitative estimate of drug-likeness (QED) is 0.265. The van der Waals surface area contributed by atoms with Crippen molar-refractivity contribution in [1.82, 2.24) is 9.80 Å². The molecule has 2 amide bonds. The lowest BCUT2D eigenvalue weighted by Gasteiger charge is -2.29. The number of amides is 2. The SMILES string of the molecule is CC1N(/C=N/C(=O)N=C(N)N2C=CN(c3cccc4ccccc34)C2C)C=CN1c1cccc2ccccc12. The molecule has 4 aromatic rings. The molecule has 8 nitrogen and oxygen atoms in total. The van der Waals surface area contributed by atoms with Crippen LogP contribution >= 0.6 is 0 Å². The molecule has 0 bridgehead atoms. The Labute approximate surface area is 227 Å². The number of fused-ring (bicyclic) bond motifs is 2. The number of benzene rings is 4. The fourth-order valence-electron chi connectivity index (χ4n) is 5.20. The first-order valence-electron chi connectivity index (χ1n) is 12.9. The van der Waals surface area contributed by atoms with Crippen LogP contribution in [0.1, 0.15) is 13.8 Å². The standard InChI is InChI=1S/C31H29N7O/c1-22-35(17-18-36(22)28-15-7-11-24-9-3-5-13-26(24)28)21-33-31(39)34-30(32)38-20-19-37(23(38)2)29-16-8-12-25-10-4-6-14-27(25)29/h3-23H,1-2H3,(H2,32,34,39)/b33-21+. The van der Waals surface area contributed by atoms with Gasteiger partial charge in [0.1, 0.15) is 18.7 Å². The zero-order valence-corrected chi connectivity index (χ0v) is 21.8. The number of anilines is 2. The molecule has 2 unspecified atom stereocenters. The van der Waals surface area contributed by atoms with Gasteiger partial charge < -0.3 is 20.4 Å². The molecule has 0 radical (unpaired) electrons. The summed E-state index contributed by atoms with van der Waals surface area (Å²) in [6.07, 6.45) is 8.92. The highest BCUT2D eigenvalue weighted by Gasteiger charge is 2.27. The van der Waals surface area contributed by atoms with E-state index in [0.29, 0.717) is 0 Å². The summed E-state index contributed by atoms with van der Waals surface area (Å²) in [5.74, 6) is 0.0889. The molecule has 2 aliphatic heterocycles. The van der Waals surface area contributed by atoms with Crippen LogP contribution in [-0.4, -0.2) is 40.5 Å². The topological polar surface area (TPSA) is 80.8 Å². The van der Waals surface area contributed by atoms with E-state index < -0.39 is 6.03 Å². The van der Waals surface area contributed by atoms with Gasteiger partial charge in [0.2, 0.25) is 5.96 Å². The average molecular weight is 516 g/mol. The van der Waals surface area contributed by atoms with Crippen molar-refractivity contribution < 1.29 is 4.79 Å². The number of hydrogen-bond donors (Lipinski definition) is 1. The first kappa shape index (κ1) is 24.2. The molecule has 2 aliphatic rings. The lowest BCUT2D eigenvalue weighted by Crippen LogP contribution is -2.43. The number of nitrogens with zero attached hydrogens (tertiary/aromatic N) is 6. The molecule has 2 atom stereocenters. The summed E-state index contributed by atoms with van der Waals surface area (Å²) in [5.41, 5.74) is 8.40. The van der Waals surface area contributed by atoms with Gasteiger partial charge in [0.05, 0.1) is 11.4 Å². The van der Waals surface area contributed by atoms with Crippen LogP contribution < -0.4 is 15.5 Å². The average Bonchev–Trinajstić information content (AvgIpc) is 3.53. The fourth-order valence-corrected chi connectivity index (χ4v) is 5.20. The molecular formula is C31H29N7O. The van der Waals surface area contributed by atoms with Crippen LogP contribution in [0.3, 0.4) is 0 Å². The third kappa shape index (κ3) is 4.46. The molecule has 39 heavy (non-hydrogen) atoms. The van der Waals surface area contributed by atoms with Crippen molar-refractivity contribution in [2.24, 2.45) is 15.7 Å². The summed E-state index contributed by atoms with van der Waals surface area (Å²) in [6.45, 7) is 4.06. The Bertz CT molecular complexity index is 1660. The maximum atomic E-state index is 12.6. The van der Waals surface area contributed by atoms with Gasteiger partial charge in [0, 0.05) is 35.6 Å². The number of carbonyl (C=O) groups is 1. The number of urea groups is 1. The summed E-state index contributed by atoms with van der Waals surface area (Å²) in [6, 6.07) is 28.3. The highest BCUT2D eigenvalue weighted by molar-refractivity contribution is 5.98. The van der Waals surface area contributed by atoms with Gasteiger partial charge in [-0.2, -0.15) is 9.98 Å². The molecule has 0 aliphatic carbocycles. The van der Waals surface area contributed by atoms with Gasteiger partial charge in [-0.3, -0.25) is 4.90 Å². The maximum Gasteiger partial charge on any atom is 0.371 e. The van der Waals surface area contributed by atoms with Crippen LogP contribution in [-0.2, 0) is 0 Å². The summed E-state index contributed by atoms with van der Waals surface area (Å²) < 4.78 is 0. The van der Waals surface area contributed by atoms with E-state index >= 15 is 0 Å². The summed E-state index contributed by atoms with van der Waals surface area (Å²) in [4.78, 5) is 28.6. The van der Waals surface area contributed by atoms with Crippen molar-refractivity contribution >= 4 is 51.2 Å². The van der Waals surface area contributed by atoms with Crippen LogP contribution in [0.2, 0.25) is 0 Å². The van der Waals surface area contributed by atoms with Crippen molar-refractivity contribution in [3.05, 3.63) is 110 Å². The number of aliphatic imine (C=N–C) groups is 2. The van der Waals surface area contributed by atoms with Crippen LogP contribution in [0.15, 0.2) is 120 Å². The van der Waals surface area contributed by atoms with Gasteiger partial charge >= 0.3 is 6.03 Å². The number of carbonyl (C=O) groups excluding carboxylic acids is 1. The predicted octanol–water partition coefficient (Wildman–Crippen LogP) is 6.03. The predicted molar refractivity (Wildman–Crippen MR) is 159 cm³/mol. The second kappa shape index (κ2) is 9.98. The van der Waals surface area contributed by atoms with Crippen LogP contribution in [0.25, 0.3) is 21.5 Å². The number of guanidine groups is 1. The van der Waals surface area contributed by atoms with Crippen molar-refractivity contribution in [2.75, 3.05) is 9.80 Å². The van der Waals surface area contributed by atoms with E-state index in [9.17, 15) is 4.79 Å². The highest BCUT2D eigenvalue weighted by atomic mass is 16.2. The van der Waals surface area contributed by atoms with Crippen molar-refractivity contribution in [3.63, 3.8) is 0 Å². The van der Waals surface area contributed by atoms with Gasteiger partial charge in [-0.15, -0.1) is 0 Å². The minimum atomic E-state index is -0.666. The Morgan fingerprint density at radius 3 is 1.90 bits per heavy atom. The van der Waals surface area contributed by atoms with Gasteiger partial charge in [0.15, 0.2) is 0 Å². The Morgan fingerprint density at radius 2 is 1.26 bits per heavy atom. The first-order valence-corrected chi connectivity index (χ1v) is 12.9. The summed E-state index contributed by atoms with van der Waals surface area (Å²) in [5, 5.41) is 4.63. The molecule has 0 saturated heterocycles. The maximum absolute atomic E-state index is 12.6. The van der Waals surface area contributed by atoms with E-state index in [4.69, 9.17) is 5.73 Å². The number of nitrogens with two attached hydrogens (primary N) is 1. The van der Waals surface area contributed by atoms with Crippen molar-refractivity contribution in [1.29, 1.82) is 0 Å². The molecule has 6 rings (SSSR count). The molecule has 2 N–H and O–H groups in total. The Balaban J connectivity index is 1.14. The normalized spacial score (nSPS) is 19.4. The van der Waals surface area contributed by atoms with Gasteiger partial charge in [-0.25, -0.2) is 4.79 Å². The molecule has 0 spiro atoms. The first-order chi connectivity index (χ1) is 19.0. The highest BCUT2D eigenvalue weighted by Crippen LogP contribution is 2.32. The lowest BCUT2D eigenvalue weighted by molar-refractivity contribution is 0.256. The summed E-state index contributed by atoms with van der Waals surface area (Å²) >= 11 is 0. The smallest absolute Gasteiger partial charge is 0.369 e. The molecule has 2 heterocycles. The van der Waals surface area contributed by atoms with E-state index in [1.54, 1.807) is 4.90 Å². The Kier molecular flexibility index (Phi) is 6.20. The Hall–Kier alpha value is -5.11. The zero-order valence-electron chi connectivity index (χ0n) is 21.8. The van der Waals surface area contributed by atoms with E-state index in [1.807, 2.05) is 73.0 Å². The third-order valence-electron chi connectivity index (χ3n) is 7.29. The zero-order chi connectivity index (χ0) is 26.9. The van der Waals surface area contributed by atoms with E-state index in [1.165, 1.54) is 11.7 Å². The second-order valence-corrected chi connectivity index (χ2v) is 9.52. The minimum absolute atomic E-state index is 0.0653. The number of hydrogen-bond acceptors (Lipinski definition) is 3. The van der Waals surface area contributed by atoms with Crippen molar-refractivity contribution in [2.45, 2.75) is 26.2 Å². The molecule has 0 aromatic heterocycles. The van der Waals surface area contributed by atoms with Crippen LogP contribution in [0.4, 0.5) is 16.2 Å². The van der Waals surface area contributed by atoms with Crippen LogP contribution in [0.5, 0.6) is 0 Å². The van der Waals surface area contributed by atoms with E-state index in [2.05, 4.69) is 75.2 Å². The third-order valence-corrected chi connectivity index (χ3v) is 7.29. The largest absolute Gasteiger partial charge is 0.371 e. The number of rotatable bonds is 3. The lowest BCUT2D eigenvalue weighted by atomic mass is 10.1. The fraction of sp³-hybridized carbons (Fsp3) is 0.129. The summed E-state index contributed by atoms with van der Waals surface area (Å²) in [7, 11) is 0. The van der Waals surface area contributed by atoms with Gasteiger partial charge in [-0.05, 0) is 36.8 Å².